The molecule has 0 aromatic heterocycles. The van der Waals surface area contributed by atoms with E-state index >= 15 is 0 Å². The van der Waals surface area contributed by atoms with Crippen molar-refractivity contribution in [2.75, 3.05) is 6.54 Å². The Labute approximate surface area is 166 Å². The van der Waals surface area contributed by atoms with Crippen molar-refractivity contribution < 1.29 is 9.53 Å². The minimum atomic E-state index is -0.520. The number of carbonyl (C=O) groups excluding carboxylic acids is 1. The minimum absolute atomic E-state index is 0.161. The second kappa shape index (κ2) is 9.43. The number of nitriles is 1. The fourth-order valence-electron chi connectivity index (χ4n) is 2.82. The third kappa shape index (κ3) is 7.32. The third-order valence-corrected chi connectivity index (χ3v) is 4.30. The van der Waals surface area contributed by atoms with E-state index in [-0.39, 0.29) is 5.92 Å². The number of nitrogens with one attached hydrogen (secondary N) is 1. The lowest BCUT2D eigenvalue weighted by molar-refractivity contribution is 0.0526. The lowest BCUT2D eigenvalue weighted by Gasteiger charge is -2.21. The van der Waals surface area contributed by atoms with Crippen LogP contribution in [0, 0.1) is 11.3 Å². The molecule has 0 saturated carbocycles. The van der Waals surface area contributed by atoms with Crippen molar-refractivity contribution in [3.8, 4) is 6.07 Å². The van der Waals surface area contributed by atoms with Crippen LogP contribution in [0.4, 0.5) is 4.79 Å². The van der Waals surface area contributed by atoms with E-state index in [1.807, 2.05) is 63.2 Å². The maximum Gasteiger partial charge on any atom is 0.407 e. The lowest BCUT2D eigenvalue weighted by atomic mass is 9.88. The van der Waals surface area contributed by atoms with E-state index in [9.17, 15) is 10.1 Å². The molecule has 1 N–H and O–H groups in total. The molecule has 1 unspecified atom stereocenters. The number of alkyl carbamates (subject to hydrolysis) is 1. The van der Waals surface area contributed by atoms with Gasteiger partial charge in [-0.05, 0) is 74.9 Å². The van der Waals surface area contributed by atoms with Gasteiger partial charge in [-0.3, -0.25) is 0 Å². The standard InChI is InChI=1S/C22H25ClN2O2/c1-22(2,3)27-21(26)25-12-11-19(13-16-7-9-20(23)10-8-16)18-6-4-5-17(14-18)15-24/h4-10,14,19H,11-13H2,1-3H3,(H,25,26). The van der Waals surface area contributed by atoms with Gasteiger partial charge in [-0.1, -0.05) is 35.9 Å². The Morgan fingerprint density at radius 1 is 1.22 bits per heavy atom. The Kier molecular flexibility index (Phi) is 7.27. The minimum Gasteiger partial charge on any atom is -0.444 e. The van der Waals surface area contributed by atoms with Gasteiger partial charge in [-0.2, -0.15) is 5.26 Å². The first-order chi connectivity index (χ1) is 12.8. The molecule has 0 heterocycles. The van der Waals surface area contributed by atoms with E-state index in [0.717, 1.165) is 24.0 Å². The fourth-order valence-corrected chi connectivity index (χ4v) is 2.94. The quantitative estimate of drug-likeness (QED) is 0.719. The Bertz CT molecular complexity index is 804. The predicted octanol–water partition coefficient (Wildman–Crippen LogP) is 5.45. The van der Waals surface area contributed by atoms with Gasteiger partial charge in [0.25, 0.3) is 0 Å². The molecule has 4 nitrogen and oxygen atoms in total. The normalized spacial score (nSPS) is 12.1. The molecular formula is C22H25ClN2O2. The van der Waals surface area contributed by atoms with Crippen LogP contribution in [0.15, 0.2) is 48.5 Å². The van der Waals surface area contributed by atoms with Gasteiger partial charge >= 0.3 is 6.09 Å². The average Bonchev–Trinajstić information content (AvgIpc) is 2.61. The van der Waals surface area contributed by atoms with Crippen LogP contribution in [0.25, 0.3) is 0 Å². The zero-order valence-corrected chi connectivity index (χ0v) is 16.7. The van der Waals surface area contributed by atoms with Gasteiger partial charge in [0.1, 0.15) is 5.60 Å². The lowest BCUT2D eigenvalue weighted by Crippen LogP contribution is -2.33. The van der Waals surface area contributed by atoms with Gasteiger partial charge in [-0.25, -0.2) is 4.79 Å². The van der Waals surface area contributed by atoms with E-state index in [0.29, 0.717) is 17.1 Å². The maximum atomic E-state index is 11.9. The Morgan fingerprint density at radius 3 is 2.56 bits per heavy atom. The second-order valence-corrected chi connectivity index (χ2v) is 7.92. The molecule has 0 saturated heterocycles. The van der Waals surface area contributed by atoms with Gasteiger partial charge < -0.3 is 10.1 Å². The molecule has 5 heteroatoms. The monoisotopic (exact) mass is 384 g/mol. The van der Waals surface area contributed by atoms with Gasteiger partial charge in [0, 0.05) is 11.6 Å². The molecule has 1 atom stereocenters. The van der Waals surface area contributed by atoms with Crippen molar-refractivity contribution in [1.29, 1.82) is 5.26 Å². The summed E-state index contributed by atoms with van der Waals surface area (Å²) in [7, 11) is 0. The van der Waals surface area contributed by atoms with Gasteiger partial charge in [0.2, 0.25) is 0 Å². The van der Waals surface area contributed by atoms with Gasteiger partial charge in [0.05, 0.1) is 11.6 Å². The summed E-state index contributed by atoms with van der Waals surface area (Å²) < 4.78 is 5.29. The highest BCUT2D eigenvalue weighted by Gasteiger charge is 2.17. The number of hydrogen-bond donors (Lipinski definition) is 1. The van der Waals surface area contributed by atoms with Gasteiger partial charge in [0.15, 0.2) is 0 Å². The van der Waals surface area contributed by atoms with E-state index in [1.165, 1.54) is 0 Å². The Balaban J connectivity index is 2.08. The van der Waals surface area contributed by atoms with Crippen molar-refractivity contribution in [2.24, 2.45) is 0 Å². The average molecular weight is 385 g/mol. The highest BCUT2D eigenvalue weighted by Crippen LogP contribution is 2.26. The highest BCUT2D eigenvalue weighted by atomic mass is 35.5. The number of nitrogens with zero attached hydrogens (tertiary/aromatic N) is 1. The SMILES string of the molecule is CC(C)(C)OC(=O)NCCC(Cc1ccc(Cl)cc1)c1cccc(C#N)c1. The molecule has 27 heavy (non-hydrogen) atoms. The second-order valence-electron chi connectivity index (χ2n) is 7.48. The summed E-state index contributed by atoms with van der Waals surface area (Å²) >= 11 is 5.98. The largest absolute Gasteiger partial charge is 0.444 e. The number of ether oxygens (including phenoxy) is 1. The first-order valence-electron chi connectivity index (χ1n) is 8.98. The summed E-state index contributed by atoms with van der Waals surface area (Å²) in [5, 5.41) is 12.7. The van der Waals surface area contributed by atoms with Crippen molar-refractivity contribution >= 4 is 17.7 Å². The molecular weight excluding hydrogens is 360 g/mol. The number of halogens is 1. The fraction of sp³-hybridized carbons (Fsp3) is 0.364. The zero-order valence-electron chi connectivity index (χ0n) is 16.0. The van der Waals surface area contributed by atoms with Crippen molar-refractivity contribution in [1.82, 2.24) is 5.32 Å². The van der Waals surface area contributed by atoms with Crippen LogP contribution < -0.4 is 5.32 Å². The summed E-state index contributed by atoms with van der Waals surface area (Å²) in [4.78, 5) is 11.9. The summed E-state index contributed by atoms with van der Waals surface area (Å²) in [5.41, 5.74) is 2.35. The molecule has 2 aromatic rings. The molecule has 0 spiro atoms. The van der Waals surface area contributed by atoms with Crippen LogP contribution in [0.3, 0.4) is 0 Å². The molecule has 0 aliphatic heterocycles. The topological polar surface area (TPSA) is 62.1 Å². The van der Waals surface area contributed by atoms with Crippen molar-refractivity contribution in [3.63, 3.8) is 0 Å². The van der Waals surface area contributed by atoms with Crippen LogP contribution in [0.5, 0.6) is 0 Å². The number of rotatable bonds is 6. The van der Waals surface area contributed by atoms with Crippen molar-refractivity contribution in [2.45, 2.75) is 45.1 Å². The van der Waals surface area contributed by atoms with Gasteiger partial charge in [-0.15, -0.1) is 0 Å². The molecule has 2 aromatic carbocycles. The van der Waals surface area contributed by atoms with Crippen LogP contribution in [-0.4, -0.2) is 18.2 Å². The number of benzene rings is 2. The summed E-state index contributed by atoms with van der Waals surface area (Å²) in [6, 6.07) is 17.6. The summed E-state index contributed by atoms with van der Waals surface area (Å²) in [6.45, 7) is 6.00. The molecule has 0 bridgehead atoms. The summed E-state index contributed by atoms with van der Waals surface area (Å²) in [6.07, 6.45) is 1.11. The van der Waals surface area contributed by atoms with E-state index < -0.39 is 11.7 Å². The van der Waals surface area contributed by atoms with E-state index in [1.54, 1.807) is 6.07 Å². The first kappa shape index (κ1) is 20.8. The zero-order chi connectivity index (χ0) is 19.9. The molecule has 2 rings (SSSR count). The molecule has 0 fully saturated rings. The Hall–Kier alpha value is -2.51. The predicted molar refractivity (Wildman–Crippen MR) is 108 cm³/mol. The number of carbonyl (C=O) groups is 1. The van der Waals surface area contributed by atoms with E-state index in [4.69, 9.17) is 16.3 Å². The molecule has 0 radical (unpaired) electrons. The van der Waals surface area contributed by atoms with E-state index in [2.05, 4.69) is 11.4 Å². The van der Waals surface area contributed by atoms with Crippen LogP contribution in [-0.2, 0) is 11.2 Å². The molecule has 1 amide bonds. The smallest absolute Gasteiger partial charge is 0.407 e. The number of amides is 1. The molecule has 0 aliphatic carbocycles. The van der Waals surface area contributed by atoms with Crippen LogP contribution in [0.2, 0.25) is 5.02 Å². The first-order valence-corrected chi connectivity index (χ1v) is 9.36. The molecule has 142 valence electrons. The maximum absolute atomic E-state index is 11.9. The third-order valence-electron chi connectivity index (χ3n) is 4.04. The van der Waals surface area contributed by atoms with Crippen molar-refractivity contribution in [3.05, 3.63) is 70.2 Å². The summed E-state index contributed by atoms with van der Waals surface area (Å²) in [5.74, 6) is 0.161. The number of hydrogen-bond acceptors (Lipinski definition) is 3. The Morgan fingerprint density at radius 2 is 1.93 bits per heavy atom. The van der Waals surface area contributed by atoms with Crippen LogP contribution in [0.1, 0.15) is 49.8 Å². The highest BCUT2D eigenvalue weighted by molar-refractivity contribution is 6.30. The van der Waals surface area contributed by atoms with Crippen LogP contribution >= 0.6 is 11.6 Å². The molecule has 0 aliphatic rings.